The molecule has 4 nitrogen and oxygen atoms in total. The molecule has 2 rings (SSSR count). The summed E-state index contributed by atoms with van der Waals surface area (Å²) in [6.45, 7) is 22.0. The average molecular weight is 423 g/mol. The van der Waals surface area contributed by atoms with Crippen molar-refractivity contribution < 1.29 is 0 Å². The molecule has 26 heavy (non-hydrogen) atoms. The van der Waals surface area contributed by atoms with Crippen LogP contribution in [0.25, 0.3) is 5.70 Å². The standard InChI is InChI=1S/C21H35BrN4/c1-15(2)11-14-26-18-16(3)25(13-10-9-12-21(5,6)7)17(4)24(8)19(18)23-20(26)22/h15H,3-4,9-14H2,1-2,5-8H3. The fraction of sp³-hybridized carbons (Fsp3) is 0.667. The highest BCUT2D eigenvalue weighted by Gasteiger charge is 2.32. The van der Waals surface area contributed by atoms with Crippen molar-refractivity contribution in [3.8, 4) is 0 Å². The largest absolute Gasteiger partial charge is 0.327 e. The van der Waals surface area contributed by atoms with E-state index >= 15 is 0 Å². The molecule has 0 radical (unpaired) electrons. The molecule has 1 aromatic heterocycles. The summed E-state index contributed by atoms with van der Waals surface area (Å²) in [5.74, 6) is 2.55. The zero-order valence-electron chi connectivity index (χ0n) is 17.4. The maximum Gasteiger partial charge on any atom is 0.179 e. The number of hydrogen-bond acceptors (Lipinski definition) is 3. The first kappa shape index (κ1) is 21.1. The Morgan fingerprint density at radius 1 is 1.12 bits per heavy atom. The van der Waals surface area contributed by atoms with E-state index in [0.717, 1.165) is 53.7 Å². The maximum atomic E-state index is 4.73. The van der Waals surface area contributed by atoms with Gasteiger partial charge in [-0.15, -0.1) is 0 Å². The number of anilines is 1. The van der Waals surface area contributed by atoms with Crippen LogP contribution in [0, 0.1) is 11.3 Å². The van der Waals surface area contributed by atoms with Gasteiger partial charge in [-0.2, -0.15) is 0 Å². The number of hydrogen-bond donors (Lipinski definition) is 0. The van der Waals surface area contributed by atoms with E-state index in [0.29, 0.717) is 11.3 Å². The minimum Gasteiger partial charge on any atom is -0.327 e. The molecule has 0 bridgehead atoms. The van der Waals surface area contributed by atoms with Gasteiger partial charge in [0.05, 0.1) is 5.70 Å². The number of unbranched alkanes of at least 4 members (excludes halogenated alkanes) is 1. The Balaban J connectivity index is 2.18. The Labute approximate surface area is 168 Å². The summed E-state index contributed by atoms with van der Waals surface area (Å²) < 4.78 is 3.13. The van der Waals surface area contributed by atoms with Crippen molar-refractivity contribution in [2.24, 2.45) is 11.3 Å². The highest BCUT2D eigenvalue weighted by Crippen LogP contribution is 2.39. The van der Waals surface area contributed by atoms with Crippen molar-refractivity contribution >= 4 is 27.4 Å². The van der Waals surface area contributed by atoms with Gasteiger partial charge in [0, 0.05) is 20.1 Å². The van der Waals surface area contributed by atoms with Crippen LogP contribution >= 0.6 is 15.9 Å². The first-order valence-electron chi connectivity index (χ1n) is 9.68. The van der Waals surface area contributed by atoms with Crippen LogP contribution < -0.4 is 4.90 Å². The number of aromatic nitrogens is 2. The lowest BCUT2D eigenvalue weighted by Gasteiger charge is -2.39. The Hall–Kier alpha value is -1.23. The van der Waals surface area contributed by atoms with Gasteiger partial charge >= 0.3 is 0 Å². The fourth-order valence-electron chi connectivity index (χ4n) is 3.30. The molecule has 1 aromatic rings. The molecule has 2 heterocycles. The molecule has 1 aliphatic heterocycles. The molecule has 5 heteroatoms. The van der Waals surface area contributed by atoms with E-state index in [2.05, 4.69) is 78.1 Å². The van der Waals surface area contributed by atoms with Gasteiger partial charge in [0.2, 0.25) is 0 Å². The van der Waals surface area contributed by atoms with Gasteiger partial charge in [0.25, 0.3) is 0 Å². The molecular formula is C21H35BrN4. The summed E-state index contributed by atoms with van der Waals surface area (Å²) in [5, 5.41) is 0. The summed E-state index contributed by atoms with van der Waals surface area (Å²) in [5.41, 5.74) is 2.52. The topological polar surface area (TPSA) is 24.3 Å². The van der Waals surface area contributed by atoms with Crippen LogP contribution in [-0.2, 0) is 6.54 Å². The van der Waals surface area contributed by atoms with Crippen molar-refractivity contribution in [2.45, 2.75) is 66.8 Å². The first-order chi connectivity index (χ1) is 12.0. The van der Waals surface area contributed by atoms with Crippen LogP contribution in [0.1, 0.15) is 66.0 Å². The van der Waals surface area contributed by atoms with Crippen molar-refractivity contribution in [3.63, 3.8) is 0 Å². The van der Waals surface area contributed by atoms with Crippen molar-refractivity contribution in [1.29, 1.82) is 0 Å². The quantitative estimate of drug-likeness (QED) is 0.495. The Bertz CT molecular complexity index is 666. The predicted molar refractivity (Wildman–Crippen MR) is 116 cm³/mol. The smallest absolute Gasteiger partial charge is 0.179 e. The number of rotatable bonds is 7. The van der Waals surface area contributed by atoms with E-state index in [1.165, 1.54) is 12.8 Å². The summed E-state index contributed by atoms with van der Waals surface area (Å²) in [4.78, 5) is 9.07. The van der Waals surface area contributed by atoms with Gasteiger partial charge in [-0.3, -0.25) is 0 Å². The van der Waals surface area contributed by atoms with Crippen LogP contribution in [0.2, 0.25) is 0 Å². The molecule has 0 fully saturated rings. The highest BCUT2D eigenvalue weighted by molar-refractivity contribution is 9.10. The second-order valence-corrected chi connectivity index (χ2v) is 9.69. The highest BCUT2D eigenvalue weighted by atomic mass is 79.9. The monoisotopic (exact) mass is 422 g/mol. The third kappa shape index (κ3) is 4.73. The zero-order valence-corrected chi connectivity index (χ0v) is 19.0. The van der Waals surface area contributed by atoms with E-state index in [1.807, 2.05) is 7.05 Å². The number of nitrogens with zero attached hydrogens (tertiary/aromatic N) is 4. The lowest BCUT2D eigenvalue weighted by Crippen LogP contribution is -2.37. The summed E-state index contributed by atoms with van der Waals surface area (Å²) in [6, 6.07) is 0. The van der Waals surface area contributed by atoms with Crippen LogP contribution in [0.5, 0.6) is 0 Å². The van der Waals surface area contributed by atoms with E-state index < -0.39 is 0 Å². The van der Waals surface area contributed by atoms with Crippen LogP contribution in [0.4, 0.5) is 5.82 Å². The van der Waals surface area contributed by atoms with Gasteiger partial charge in [-0.1, -0.05) is 54.2 Å². The van der Waals surface area contributed by atoms with E-state index in [1.54, 1.807) is 0 Å². The normalized spacial score (nSPS) is 15.2. The third-order valence-corrected chi connectivity index (χ3v) is 5.61. The molecule has 0 N–H and O–H groups in total. The lowest BCUT2D eigenvalue weighted by atomic mass is 9.90. The molecule has 0 saturated heterocycles. The second kappa shape index (κ2) is 8.20. The molecular weight excluding hydrogens is 388 g/mol. The predicted octanol–water partition coefficient (Wildman–Crippen LogP) is 6.10. The van der Waals surface area contributed by atoms with E-state index in [9.17, 15) is 0 Å². The molecule has 1 aliphatic rings. The molecule has 0 spiro atoms. The van der Waals surface area contributed by atoms with Gasteiger partial charge in [0.15, 0.2) is 10.6 Å². The van der Waals surface area contributed by atoms with Gasteiger partial charge in [-0.25, -0.2) is 4.98 Å². The van der Waals surface area contributed by atoms with Gasteiger partial charge < -0.3 is 14.4 Å². The fourth-order valence-corrected chi connectivity index (χ4v) is 3.82. The molecule has 0 atom stereocenters. The SMILES string of the molecule is C=C1c2c(nc(Br)n2CCC(C)C)N(C)C(=C)N1CCCCC(C)(C)C. The third-order valence-electron chi connectivity index (χ3n) is 5.01. The van der Waals surface area contributed by atoms with E-state index in [-0.39, 0.29) is 0 Å². The van der Waals surface area contributed by atoms with Crippen molar-refractivity contribution in [3.05, 3.63) is 29.4 Å². The molecule has 0 unspecified atom stereocenters. The number of fused-ring (bicyclic) bond motifs is 1. The van der Waals surface area contributed by atoms with Crippen LogP contribution in [0.3, 0.4) is 0 Å². The molecule has 0 aliphatic carbocycles. The molecule has 0 aromatic carbocycles. The van der Waals surface area contributed by atoms with Crippen LogP contribution in [0.15, 0.2) is 23.7 Å². The Morgan fingerprint density at radius 2 is 1.77 bits per heavy atom. The van der Waals surface area contributed by atoms with Gasteiger partial charge in [0.1, 0.15) is 11.5 Å². The Morgan fingerprint density at radius 3 is 2.35 bits per heavy atom. The first-order valence-corrected chi connectivity index (χ1v) is 10.5. The van der Waals surface area contributed by atoms with Crippen LogP contribution in [-0.4, -0.2) is 28.0 Å². The zero-order chi connectivity index (χ0) is 19.6. The second-order valence-electron chi connectivity index (χ2n) is 8.98. The minimum atomic E-state index is 0.389. The molecule has 146 valence electrons. The lowest BCUT2D eigenvalue weighted by molar-refractivity contribution is 0.345. The molecule has 0 saturated carbocycles. The number of halogens is 1. The van der Waals surface area contributed by atoms with Crippen molar-refractivity contribution in [2.75, 3.05) is 18.5 Å². The summed E-state index contributed by atoms with van der Waals surface area (Å²) in [6.07, 6.45) is 4.71. The van der Waals surface area contributed by atoms with Gasteiger partial charge in [-0.05, 0) is 46.5 Å². The summed E-state index contributed by atoms with van der Waals surface area (Å²) in [7, 11) is 2.04. The average Bonchev–Trinajstić information content (AvgIpc) is 2.86. The minimum absolute atomic E-state index is 0.389. The molecule has 0 amide bonds. The van der Waals surface area contributed by atoms with E-state index in [4.69, 9.17) is 4.98 Å². The Kier molecular flexibility index (Phi) is 6.65. The maximum absolute atomic E-state index is 4.73. The summed E-state index contributed by atoms with van der Waals surface area (Å²) >= 11 is 3.64. The van der Waals surface area contributed by atoms with Crippen molar-refractivity contribution in [1.82, 2.24) is 14.5 Å². The number of imidazole rings is 1.